The van der Waals surface area contributed by atoms with Crippen LogP contribution in [-0.4, -0.2) is 36.1 Å². The highest BCUT2D eigenvalue weighted by Gasteiger charge is 2.22. The molecular weight excluding hydrogens is 212 g/mol. The molecule has 0 bridgehead atoms. The third-order valence-electron chi connectivity index (χ3n) is 2.11. The number of nitrogens with zero attached hydrogens (tertiary/aromatic N) is 1. The van der Waals surface area contributed by atoms with E-state index in [0.717, 1.165) is 11.7 Å². The summed E-state index contributed by atoms with van der Waals surface area (Å²) in [6.45, 7) is 7.64. The number of aliphatic imine (C=N–C) groups is 1. The van der Waals surface area contributed by atoms with Crippen molar-refractivity contribution >= 4 is 22.9 Å². The lowest BCUT2D eigenvalue weighted by molar-refractivity contribution is -0.141. The van der Waals surface area contributed by atoms with E-state index in [1.807, 2.05) is 0 Å². The molecule has 0 saturated heterocycles. The van der Waals surface area contributed by atoms with Gasteiger partial charge in [-0.15, -0.1) is 0 Å². The highest BCUT2D eigenvalue weighted by molar-refractivity contribution is 8.14. The van der Waals surface area contributed by atoms with Crippen molar-refractivity contribution in [2.24, 2.45) is 10.9 Å². The van der Waals surface area contributed by atoms with E-state index in [0.29, 0.717) is 17.8 Å². The highest BCUT2D eigenvalue weighted by atomic mass is 32.2. The van der Waals surface area contributed by atoms with Gasteiger partial charge >= 0.3 is 5.97 Å². The maximum atomic E-state index is 11.1. The van der Waals surface area contributed by atoms with Gasteiger partial charge < -0.3 is 10.1 Å². The number of thioether (sulfide) groups is 1. The Labute approximate surface area is 94.9 Å². The summed E-state index contributed by atoms with van der Waals surface area (Å²) in [6, 6.07) is 0. The second-order valence-electron chi connectivity index (χ2n) is 3.70. The van der Waals surface area contributed by atoms with E-state index in [-0.39, 0.29) is 12.5 Å². The molecule has 4 nitrogen and oxygen atoms in total. The first-order chi connectivity index (χ1) is 7.13. The van der Waals surface area contributed by atoms with E-state index in [1.54, 1.807) is 18.7 Å². The van der Waals surface area contributed by atoms with Crippen LogP contribution in [0.15, 0.2) is 4.99 Å². The normalized spacial score (nSPS) is 20.3. The average molecular weight is 230 g/mol. The lowest BCUT2D eigenvalue weighted by atomic mass is 10.1. The predicted molar refractivity (Wildman–Crippen MR) is 63.2 cm³/mol. The summed E-state index contributed by atoms with van der Waals surface area (Å²) in [5.74, 6) is 0.384. The van der Waals surface area contributed by atoms with Crippen molar-refractivity contribution in [1.29, 1.82) is 0 Å². The smallest absolute Gasteiger partial charge is 0.325 e. The number of hydrogen-bond acceptors (Lipinski definition) is 5. The Morgan fingerprint density at radius 1 is 1.73 bits per heavy atom. The molecule has 1 heterocycles. The molecular formula is C10H18N2O2S. The number of rotatable bonds is 4. The van der Waals surface area contributed by atoms with E-state index < -0.39 is 0 Å². The van der Waals surface area contributed by atoms with Crippen molar-refractivity contribution in [1.82, 2.24) is 5.32 Å². The van der Waals surface area contributed by atoms with Crippen LogP contribution in [0.2, 0.25) is 0 Å². The van der Waals surface area contributed by atoms with Gasteiger partial charge in [-0.3, -0.25) is 9.79 Å². The summed E-state index contributed by atoms with van der Waals surface area (Å²) in [7, 11) is 0. The summed E-state index contributed by atoms with van der Waals surface area (Å²) >= 11 is 1.71. The number of nitrogens with one attached hydrogen (secondary N) is 1. The van der Waals surface area contributed by atoms with Crippen LogP contribution in [0.4, 0.5) is 0 Å². The van der Waals surface area contributed by atoms with Gasteiger partial charge in [-0.25, -0.2) is 0 Å². The summed E-state index contributed by atoms with van der Waals surface area (Å²) < 4.78 is 4.81. The van der Waals surface area contributed by atoms with Crippen LogP contribution >= 0.6 is 11.8 Å². The van der Waals surface area contributed by atoms with Crippen LogP contribution < -0.4 is 5.32 Å². The molecule has 1 aliphatic rings. The van der Waals surface area contributed by atoms with Gasteiger partial charge in [0.1, 0.15) is 6.54 Å². The lowest BCUT2D eigenvalue weighted by Gasteiger charge is -2.11. The van der Waals surface area contributed by atoms with Gasteiger partial charge in [-0.05, 0) is 12.8 Å². The quantitative estimate of drug-likeness (QED) is 0.739. The van der Waals surface area contributed by atoms with Crippen LogP contribution in [0, 0.1) is 5.92 Å². The molecule has 0 spiro atoms. The molecule has 1 N–H and O–H groups in total. The molecule has 1 aliphatic heterocycles. The minimum atomic E-state index is -0.228. The fraction of sp³-hybridized carbons (Fsp3) is 0.800. The zero-order valence-electron chi connectivity index (χ0n) is 9.45. The Kier molecular flexibility index (Phi) is 4.94. The lowest BCUT2D eigenvalue weighted by Crippen LogP contribution is -2.28. The molecule has 0 saturated carbocycles. The van der Waals surface area contributed by atoms with E-state index >= 15 is 0 Å². The number of carbonyl (C=O) groups excluding carboxylic acids is 1. The summed E-state index contributed by atoms with van der Waals surface area (Å²) in [5, 5.41) is 4.39. The van der Waals surface area contributed by atoms with Gasteiger partial charge in [0.15, 0.2) is 5.17 Å². The van der Waals surface area contributed by atoms with Gasteiger partial charge in [-0.2, -0.15) is 0 Å². The van der Waals surface area contributed by atoms with E-state index in [4.69, 9.17) is 4.74 Å². The molecule has 86 valence electrons. The fourth-order valence-corrected chi connectivity index (χ4v) is 2.21. The molecule has 0 radical (unpaired) electrons. The van der Waals surface area contributed by atoms with Crippen molar-refractivity contribution in [3.05, 3.63) is 0 Å². The van der Waals surface area contributed by atoms with Gasteiger partial charge in [0.05, 0.1) is 13.2 Å². The van der Waals surface area contributed by atoms with E-state index in [9.17, 15) is 4.79 Å². The standard InChI is InChI=1S/C10H18N2O2S/c1-4-14-9(13)6-12-10-11-5-8(15-10)7(2)3/h7-8H,4-6H2,1-3H3,(H,11,12). The molecule has 0 aromatic rings. The number of ether oxygens (including phenoxy) is 1. The number of esters is 1. The van der Waals surface area contributed by atoms with Crippen molar-refractivity contribution < 1.29 is 9.53 Å². The second-order valence-corrected chi connectivity index (χ2v) is 4.93. The third-order valence-corrected chi connectivity index (χ3v) is 3.60. The maximum Gasteiger partial charge on any atom is 0.325 e. The maximum absolute atomic E-state index is 11.1. The topological polar surface area (TPSA) is 50.7 Å². The van der Waals surface area contributed by atoms with Gasteiger partial charge in [0.25, 0.3) is 0 Å². The van der Waals surface area contributed by atoms with Gasteiger partial charge in [0.2, 0.25) is 0 Å². The molecule has 0 aromatic carbocycles. The molecule has 0 fully saturated rings. The van der Waals surface area contributed by atoms with Crippen molar-refractivity contribution in [3.8, 4) is 0 Å². The highest BCUT2D eigenvalue weighted by Crippen LogP contribution is 2.25. The number of carbonyl (C=O) groups is 1. The molecule has 0 aromatic heterocycles. The van der Waals surface area contributed by atoms with Gasteiger partial charge in [0, 0.05) is 5.25 Å². The Balaban J connectivity index is 2.21. The van der Waals surface area contributed by atoms with Crippen LogP contribution in [0.25, 0.3) is 0 Å². The second kappa shape index (κ2) is 6.00. The first-order valence-corrected chi connectivity index (χ1v) is 6.12. The van der Waals surface area contributed by atoms with Crippen molar-refractivity contribution in [3.63, 3.8) is 0 Å². The van der Waals surface area contributed by atoms with E-state index in [2.05, 4.69) is 24.2 Å². The largest absolute Gasteiger partial charge is 0.465 e. The number of hydrogen-bond donors (Lipinski definition) is 1. The van der Waals surface area contributed by atoms with Crippen LogP contribution in [0.3, 0.4) is 0 Å². The predicted octanol–water partition coefficient (Wildman–Crippen LogP) is 1.27. The van der Waals surface area contributed by atoms with Crippen LogP contribution in [-0.2, 0) is 9.53 Å². The SMILES string of the molecule is CCOC(=O)CNC1=NCC(C(C)C)S1. The monoisotopic (exact) mass is 230 g/mol. The van der Waals surface area contributed by atoms with Crippen LogP contribution in [0.5, 0.6) is 0 Å². The summed E-state index contributed by atoms with van der Waals surface area (Å²) in [4.78, 5) is 15.4. The average Bonchev–Trinajstić information content (AvgIpc) is 2.63. The minimum absolute atomic E-state index is 0.213. The first kappa shape index (κ1) is 12.4. The molecule has 0 aliphatic carbocycles. The Hall–Kier alpha value is -0.710. The Morgan fingerprint density at radius 3 is 3.00 bits per heavy atom. The number of amidine groups is 1. The zero-order chi connectivity index (χ0) is 11.3. The molecule has 15 heavy (non-hydrogen) atoms. The van der Waals surface area contributed by atoms with Crippen LogP contribution in [0.1, 0.15) is 20.8 Å². The van der Waals surface area contributed by atoms with Crippen molar-refractivity contribution in [2.45, 2.75) is 26.0 Å². The molecule has 5 heteroatoms. The zero-order valence-corrected chi connectivity index (χ0v) is 10.3. The summed E-state index contributed by atoms with van der Waals surface area (Å²) in [5.41, 5.74) is 0. The molecule has 1 unspecified atom stereocenters. The van der Waals surface area contributed by atoms with Crippen molar-refractivity contribution in [2.75, 3.05) is 19.7 Å². The van der Waals surface area contributed by atoms with E-state index in [1.165, 1.54) is 0 Å². The first-order valence-electron chi connectivity index (χ1n) is 5.24. The molecule has 0 amide bonds. The fourth-order valence-electron chi connectivity index (χ4n) is 1.20. The summed E-state index contributed by atoms with van der Waals surface area (Å²) in [6.07, 6.45) is 0. The minimum Gasteiger partial charge on any atom is -0.465 e. The third kappa shape index (κ3) is 4.11. The molecule has 1 atom stereocenters. The Morgan fingerprint density at radius 2 is 2.47 bits per heavy atom. The molecule has 1 rings (SSSR count). The van der Waals surface area contributed by atoms with Gasteiger partial charge in [-0.1, -0.05) is 25.6 Å². The Bertz CT molecular complexity index is 254.